The SMILES string of the molecule is CCC1(C)CN(c2ccc(C)nc2)CCN1. The minimum absolute atomic E-state index is 0.239. The predicted molar refractivity (Wildman–Crippen MR) is 67.9 cm³/mol. The number of hydrogen-bond acceptors (Lipinski definition) is 3. The van der Waals surface area contributed by atoms with Gasteiger partial charge in [-0.2, -0.15) is 0 Å². The molecule has 0 bridgehead atoms. The van der Waals surface area contributed by atoms with Crippen LogP contribution in [0.3, 0.4) is 0 Å². The van der Waals surface area contributed by atoms with Crippen molar-refractivity contribution in [2.24, 2.45) is 0 Å². The van der Waals surface area contributed by atoms with Crippen LogP contribution in [0, 0.1) is 6.92 Å². The molecule has 2 rings (SSSR count). The van der Waals surface area contributed by atoms with Crippen molar-refractivity contribution in [3.05, 3.63) is 24.0 Å². The summed E-state index contributed by atoms with van der Waals surface area (Å²) in [6.07, 6.45) is 3.14. The maximum absolute atomic E-state index is 4.37. The average molecular weight is 219 g/mol. The summed E-state index contributed by atoms with van der Waals surface area (Å²) in [5.74, 6) is 0. The summed E-state index contributed by atoms with van der Waals surface area (Å²) in [5, 5.41) is 3.59. The molecule has 2 heterocycles. The molecule has 0 spiro atoms. The molecule has 1 aromatic rings. The minimum atomic E-state index is 0.239. The Morgan fingerprint density at radius 3 is 2.94 bits per heavy atom. The first-order valence-electron chi connectivity index (χ1n) is 6.05. The zero-order valence-corrected chi connectivity index (χ0v) is 10.5. The lowest BCUT2D eigenvalue weighted by atomic mass is 9.95. The topological polar surface area (TPSA) is 28.2 Å². The Morgan fingerprint density at radius 1 is 1.50 bits per heavy atom. The Bertz CT molecular complexity index is 347. The van der Waals surface area contributed by atoms with Crippen LogP contribution in [-0.2, 0) is 0 Å². The zero-order valence-electron chi connectivity index (χ0n) is 10.5. The number of rotatable bonds is 2. The summed E-state index contributed by atoms with van der Waals surface area (Å²) in [6, 6.07) is 4.25. The highest BCUT2D eigenvalue weighted by atomic mass is 15.2. The van der Waals surface area contributed by atoms with E-state index < -0.39 is 0 Å². The molecule has 1 aliphatic heterocycles. The maximum atomic E-state index is 4.37. The molecule has 1 aliphatic rings. The quantitative estimate of drug-likeness (QED) is 0.824. The number of hydrogen-bond donors (Lipinski definition) is 1. The number of nitrogens with one attached hydrogen (secondary N) is 1. The lowest BCUT2D eigenvalue weighted by Crippen LogP contribution is -2.58. The van der Waals surface area contributed by atoms with Gasteiger partial charge in [0.1, 0.15) is 0 Å². The summed E-state index contributed by atoms with van der Waals surface area (Å²) in [7, 11) is 0. The van der Waals surface area contributed by atoms with Gasteiger partial charge in [0.2, 0.25) is 0 Å². The number of piperazine rings is 1. The van der Waals surface area contributed by atoms with E-state index in [4.69, 9.17) is 0 Å². The molecule has 0 aliphatic carbocycles. The van der Waals surface area contributed by atoms with Gasteiger partial charge in [-0.1, -0.05) is 6.92 Å². The summed E-state index contributed by atoms with van der Waals surface area (Å²) >= 11 is 0. The molecule has 16 heavy (non-hydrogen) atoms. The first-order chi connectivity index (χ1) is 7.63. The third kappa shape index (κ3) is 2.35. The fourth-order valence-corrected chi connectivity index (χ4v) is 2.15. The van der Waals surface area contributed by atoms with Crippen LogP contribution >= 0.6 is 0 Å². The highest BCUT2D eigenvalue weighted by molar-refractivity contribution is 5.45. The van der Waals surface area contributed by atoms with Gasteiger partial charge in [-0.25, -0.2) is 0 Å². The van der Waals surface area contributed by atoms with E-state index in [1.165, 1.54) is 5.69 Å². The Hall–Kier alpha value is -1.09. The summed E-state index contributed by atoms with van der Waals surface area (Å²) < 4.78 is 0. The molecule has 3 heteroatoms. The summed E-state index contributed by atoms with van der Waals surface area (Å²) in [6.45, 7) is 9.75. The molecule has 1 aromatic heterocycles. The molecule has 0 amide bonds. The van der Waals surface area contributed by atoms with Crippen molar-refractivity contribution >= 4 is 5.69 Å². The molecule has 0 radical (unpaired) electrons. The van der Waals surface area contributed by atoms with Crippen LogP contribution < -0.4 is 10.2 Å². The van der Waals surface area contributed by atoms with E-state index in [1.54, 1.807) is 0 Å². The molecule has 0 saturated carbocycles. The van der Waals surface area contributed by atoms with E-state index in [0.717, 1.165) is 31.7 Å². The van der Waals surface area contributed by atoms with Crippen LogP contribution in [0.4, 0.5) is 5.69 Å². The van der Waals surface area contributed by atoms with Crippen LogP contribution in [0.15, 0.2) is 18.3 Å². The number of aryl methyl sites for hydroxylation is 1. The van der Waals surface area contributed by atoms with Crippen LogP contribution in [0.5, 0.6) is 0 Å². The molecular weight excluding hydrogens is 198 g/mol. The van der Waals surface area contributed by atoms with Gasteiger partial charge < -0.3 is 10.2 Å². The molecule has 1 N–H and O–H groups in total. The van der Waals surface area contributed by atoms with Crippen molar-refractivity contribution in [2.45, 2.75) is 32.7 Å². The Morgan fingerprint density at radius 2 is 2.31 bits per heavy atom. The maximum Gasteiger partial charge on any atom is 0.0554 e. The second-order valence-corrected chi connectivity index (χ2v) is 4.92. The van der Waals surface area contributed by atoms with Crippen molar-refractivity contribution < 1.29 is 0 Å². The third-order valence-corrected chi connectivity index (χ3v) is 3.51. The highest BCUT2D eigenvalue weighted by Gasteiger charge is 2.28. The van der Waals surface area contributed by atoms with Gasteiger partial charge in [0.25, 0.3) is 0 Å². The Kier molecular flexibility index (Phi) is 3.15. The van der Waals surface area contributed by atoms with Gasteiger partial charge in [-0.15, -0.1) is 0 Å². The van der Waals surface area contributed by atoms with E-state index in [9.17, 15) is 0 Å². The predicted octanol–water partition coefficient (Wildman–Crippen LogP) is 1.97. The normalized spacial score (nSPS) is 25.8. The largest absolute Gasteiger partial charge is 0.367 e. The molecule has 1 unspecified atom stereocenters. The fraction of sp³-hybridized carbons (Fsp3) is 0.615. The summed E-state index contributed by atoms with van der Waals surface area (Å²) in [4.78, 5) is 6.79. The van der Waals surface area contributed by atoms with Gasteiger partial charge in [0, 0.05) is 30.9 Å². The van der Waals surface area contributed by atoms with E-state index in [2.05, 4.69) is 41.2 Å². The van der Waals surface area contributed by atoms with E-state index in [0.29, 0.717) is 0 Å². The van der Waals surface area contributed by atoms with E-state index in [-0.39, 0.29) is 5.54 Å². The number of nitrogens with zero attached hydrogens (tertiary/aromatic N) is 2. The molecule has 1 saturated heterocycles. The number of anilines is 1. The van der Waals surface area contributed by atoms with Gasteiger partial charge in [0.15, 0.2) is 0 Å². The summed E-state index contributed by atoms with van der Waals surface area (Å²) in [5.41, 5.74) is 2.56. The molecule has 1 fully saturated rings. The average Bonchev–Trinajstić information content (AvgIpc) is 2.30. The number of pyridine rings is 1. The van der Waals surface area contributed by atoms with Crippen LogP contribution in [-0.4, -0.2) is 30.2 Å². The highest BCUT2D eigenvalue weighted by Crippen LogP contribution is 2.21. The lowest BCUT2D eigenvalue weighted by molar-refractivity contribution is 0.314. The van der Waals surface area contributed by atoms with Crippen molar-refractivity contribution in [2.75, 3.05) is 24.5 Å². The van der Waals surface area contributed by atoms with Crippen molar-refractivity contribution in [1.82, 2.24) is 10.3 Å². The zero-order chi connectivity index (χ0) is 11.6. The van der Waals surface area contributed by atoms with E-state index in [1.807, 2.05) is 13.1 Å². The smallest absolute Gasteiger partial charge is 0.0554 e. The third-order valence-electron chi connectivity index (χ3n) is 3.51. The Balaban J connectivity index is 2.12. The van der Waals surface area contributed by atoms with Crippen LogP contribution in [0.25, 0.3) is 0 Å². The molecular formula is C13H21N3. The molecule has 0 aromatic carbocycles. The second kappa shape index (κ2) is 4.42. The van der Waals surface area contributed by atoms with Crippen molar-refractivity contribution in [3.8, 4) is 0 Å². The standard InChI is InChI=1S/C13H21N3/c1-4-13(3)10-16(8-7-15-13)12-6-5-11(2)14-9-12/h5-6,9,15H,4,7-8,10H2,1-3H3. The first kappa shape index (κ1) is 11.4. The molecule has 88 valence electrons. The Labute approximate surface area is 97.9 Å². The van der Waals surface area contributed by atoms with Crippen LogP contribution in [0.2, 0.25) is 0 Å². The van der Waals surface area contributed by atoms with Crippen molar-refractivity contribution in [1.29, 1.82) is 0 Å². The van der Waals surface area contributed by atoms with Gasteiger partial charge >= 0.3 is 0 Å². The number of aromatic nitrogens is 1. The van der Waals surface area contributed by atoms with Crippen LogP contribution in [0.1, 0.15) is 26.0 Å². The first-order valence-corrected chi connectivity index (χ1v) is 6.05. The lowest BCUT2D eigenvalue weighted by Gasteiger charge is -2.42. The van der Waals surface area contributed by atoms with Gasteiger partial charge in [-0.3, -0.25) is 4.98 Å². The van der Waals surface area contributed by atoms with Gasteiger partial charge in [-0.05, 0) is 32.4 Å². The minimum Gasteiger partial charge on any atom is -0.367 e. The molecule has 3 nitrogen and oxygen atoms in total. The monoisotopic (exact) mass is 219 g/mol. The second-order valence-electron chi connectivity index (χ2n) is 4.92. The fourth-order valence-electron chi connectivity index (χ4n) is 2.15. The molecule has 1 atom stereocenters. The van der Waals surface area contributed by atoms with Gasteiger partial charge in [0.05, 0.1) is 11.9 Å². The van der Waals surface area contributed by atoms with E-state index >= 15 is 0 Å². The van der Waals surface area contributed by atoms with Crippen molar-refractivity contribution in [3.63, 3.8) is 0 Å².